The van der Waals surface area contributed by atoms with Crippen molar-refractivity contribution in [2.45, 2.75) is 49.0 Å². The van der Waals surface area contributed by atoms with Crippen molar-refractivity contribution < 1.29 is 35.8 Å². The first-order valence-electron chi connectivity index (χ1n) is 14.0. The normalized spacial score (nSPS) is 24.1. The highest BCUT2D eigenvalue weighted by Crippen LogP contribution is 2.46. The van der Waals surface area contributed by atoms with Crippen LogP contribution < -0.4 is 25.8 Å². The predicted molar refractivity (Wildman–Crippen MR) is 148 cm³/mol. The molecule has 230 valence electrons. The topological polar surface area (TPSA) is 147 Å². The minimum absolute atomic E-state index is 0.00526. The molecule has 5 heterocycles. The second-order valence-corrected chi connectivity index (χ2v) is 12.6. The number of aromatic amines is 1. The average Bonchev–Trinajstić information content (AvgIpc) is 3.44. The molecular weight excluding hydrogens is 579 g/mol. The molecule has 12 nitrogen and oxygen atoms in total. The number of sulfonamides is 1. The minimum Gasteiger partial charge on any atom is -0.485 e. The monoisotopic (exact) mass is 613 g/mol. The molecule has 0 bridgehead atoms. The zero-order chi connectivity index (χ0) is 29.7. The lowest BCUT2D eigenvalue weighted by Gasteiger charge is -2.39. The lowest BCUT2D eigenvalue weighted by atomic mass is 9.94. The fourth-order valence-electron chi connectivity index (χ4n) is 5.98. The molecule has 4 aliphatic rings. The number of hydrogen-bond acceptors (Lipinski definition) is 10. The fourth-order valence-corrected chi connectivity index (χ4v) is 7.58. The summed E-state index contributed by atoms with van der Waals surface area (Å²) in [6.45, 7) is 5.83. The Labute approximate surface area is 241 Å². The summed E-state index contributed by atoms with van der Waals surface area (Å²) < 4.78 is 87.1. The van der Waals surface area contributed by atoms with E-state index in [1.807, 2.05) is 0 Å². The van der Waals surface area contributed by atoms with Crippen LogP contribution in [-0.4, -0.2) is 87.2 Å². The highest BCUT2D eigenvalue weighted by Gasteiger charge is 2.45. The van der Waals surface area contributed by atoms with Crippen LogP contribution in [0.1, 0.15) is 37.3 Å². The van der Waals surface area contributed by atoms with E-state index in [-0.39, 0.29) is 53.4 Å². The number of hydrogen-bond donors (Lipinski definition) is 4. The predicted octanol–water partition coefficient (Wildman–Crippen LogP) is 2.71. The largest absolute Gasteiger partial charge is 0.485 e. The molecule has 0 saturated carbocycles. The van der Waals surface area contributed by atoms with Crippen LogP contribution >= 0.6 is 0 Å². The van der Waals surface area contributed by atoms with E-state index < -0.39 is 27.4 Å². The maximum atomic E-state index is 13.8. The molecule has 4 aliphatic heterocycles. The maximum Gasteiger partial charge on any atom is 0.418 e. The molecule has 0 spiro atoms. The first-order chi connectivity index (χ1) is 20.0. The number of halogens is 3. The van der Waals surface area contributed by atoms with E-state index in [2.05, 4.69) is 25.5 Å². The number of alkyl halides is 3. The second-order valence-electron chi connectivity index (χ2n) is 10.7. The molecule has 2 saturated heterocycles. The van der Waals surface area contributed by atoms with Crippen molar-refractivity contribution in [3.8, 4) is 11.5 Å². The molecule has 1 aromatic carbocycles. The van der Waals surface area contributed by atoms with Gasteiger partial charge in [-0.2, -0.15) is 17.5 Å². The number of rotatable bonds is 5. The summed E-state index contributed by atoms with van der Waals surface area (Å²) in [4.78, 5) is 9.34. The lowest BCUT2D eigenvalue weighted by molar-refractivity contribution is -0.138. The molecule has 1 unspecified atom stereocenters. The standard InChI is InChI=1S/C26H34F3N7O5S/c1-2-25(30)20-17(26(27,28)29)15-31-23(20)33-24(34-25)32-18-3-4-19(22-21(18)40-13-14-41-22)42(37,38)36-7-5-16(6-8-36)35-9-11-39-12-10-35/h3-4,15-16,31H,2,5-14,30H2,1H3,(H2,32,33,34). The van der Waals surface area contributed by atoms with Gasteiger partial charge in [0.2, 0.25) is 16.0 Å². The van der Waals surface area contributed by atoms with Crippen LogP contribution in [0.5, 0.6) is 11.5 Å². The van der Waals surface area contributed by atoms with Crippen molar-refractivity contribution in [1.82, 2.24) is 14.2 Å². The summed E-state index contributed by atoms with van der Waals surface area (Å²) in [5, 5.41) is 5.85. The lowest BCUT2D eigenvalue weighted by Crippen LogP contribution is -2.50. The smallest absolute Gasteiger partial charge is 0.418 e. The van der Waals surface area contributed by atoms with Gasteiger partial charge < -0.3 is 35.6 Å². The van der Waals surface area contributed by atoms with Crippen molar-refractivity contribution in [3.63, 3.8) is 0 Å². The minimum atomic E-state index is -4.62. The van der Waals surface area contributed by atoms with E-state index in [0.29, 0.717) is 38.0 Å². The molecular formula is C26H34F3N7O5S. The number of piperidine rings is 1. The third kappa shape index (κ3) is 5.19. The summed E-state index contributed by atoms with van der Waals surface area (Å²) in [5.41, 5.74) is 3.97. The number of aromatic nitrogens is 1. The number of benzene rings is 1. The fraction of sp³-hybridized carbons (Fsp3) is 0.577. The highest BCUT2D eigenvalue weighted by atomic mass is 32.2. The van der Waals surface area contributed by atoms with Crippen molar-refractivity contribution in [2.24, 2.45) is 10.7 Å². The molecule has 0 aliphatic carbocycles. The van der Waals surface area contributed by atoms with E-state index in [4.69, 9.17) is 19.9 Å². The van der Waals surface area contributed by atoms with Crippen LogP contribution in [0.3, 0.4) is 0 Å². The zero-order valence-electron chi connectivity index (χ0n) is 23.1. The summed E-state index contributed by atoms with van der Waals surface area (Å²) in [6.07, 6.45) is -2.23. The van der Waals surface area contributed by atoms with Crippen LogP contribution in [0.15, 0.2) is 28.2 Å². The number of anilines is 2. The van der Waals surface area contributed by atoms with Crippen molar-refractivity contribution in [3.05, 3.63) is 29.5 Å². The van der Waals surface area contributed by atoms with Crippen LogP contribution in [-0.2, 0) is 26.6 Å². The van der Waals surface area contributed by atoms with Gasteiger partial charge in [0, 0.05) is 44.0 Å². The average molecular weight is 614 g/mol. The number of morpholine rings is 1. The number of ether oxygens (including phenoxy) is 3. The zero-order valence-corrected chi connectivity index (χ0v) is 23.9. The van der Waals surface area contributed by atoms with Gasteiger partial charge in [-0.3, -0.25) is 4.90 Å². The van der Waals surface area contributed by atoms with Gasteiger partial charge >= 0.3 is 6.18 Å². The van der Waals surface area contributed by atoms with Gasteiger partial charge in [-0.05, 0) is 31.4 Å². The molecule has 1 aromatic heterocycles. The third-order valence-corrected chi connectivity index (χ3v) is 10.1. The van der Waals surface area contributed by atoms with Gasteiger partial charge in [0.1, 0.15) is 29.6 Å². The molecule has 16 heteroatoms. The Morgan fingerprint density at radius 3 is 2.45 bits per heavy atom. The number of nitrogens with one attached hydrogen (secondary N) is 3. The van der Waals surface area contributed by atoms with E-state index in [1.165, 1.54) is 16.4 Å². The SMILES string of the molecule is CCC1(N)N=C(Nc2ccc(S(=O)(=O)N3CCC(N4CCOCC4)CC3)c3c2OCCO3)Nc2[nH]cc(C(F)(F)F)c21. The van der Waals surface area contributed by atoms with Gasteiger partial charge in [-0.1, -0.05) is 6.92 Å². The van der Waals surface area contributed by atoms with Crippen LogP contribution in [0.2, 0.25) is 0 Å². The molecule has 6 rings (SSSR count). The Kier molecular flexibility index (Phi) is 7.54. The summed E-state index contributed by atoms with van der Waals surface area (Å²) >= 11 is 0. The molecule has 2 aromatic rings. The van der Waals surface area contributed by atoms with Crippen molar-refractivity contribution in [2.75, 3.05) is 63.2 Å². The number of nitrogens with zero attached hydrogens (tertiary/aromatic N) is 3. The highest BCUT2D eigenvalue weighted by molar-refractivity contribution is 7.89. The van der Waals surface area contributed by atoms with Gasteiger partial charge in [0.05, 0.1) is 24.5 Å². The number of fused-ring (bicyclic) bond motifs is 2. The van der Waals surface area contributed by atoms with Crippen LogP contribution in [0.25, 0.3) is 0 Å². The molecule has 0 radical (unpaired) electrons. The van der Waals surface area contributed by atoms with Crippen molar-refractivity contribution >= 4 is 27.5 Å². The number of aliphatic imine (C=N–C) groups is 1. The first kappa shape index (κ1) is 29.0. The Balaban J connectivity index is 1.25. The summed E-state index contributed by atoms with van der Waals surface area (Å²) in [6, 6.07) is 3.29. The Bertz CT molecular complexity index is 1470. The molecule has 42 heavy (non-hydrogen) atoms. The molecule has 0 amide bonds. The number of guanidine groups is 1. The molecule has 5 N–H and O–H groups in total. The molecule has 2 fully saturated rings. The molecule has 1 atom stereocenters. The first-order valence-corrected chi connectivity index (χ1v) is 15.4. The summed E-state index contributed by atoms with van der Waals surface area (Å²) in [7, 11) is -3.90. The Hall–Kier alpha value is -3.05. The van der Waals surface area contributed by atoms with E-state index in [1.54, 1.807) is 6.92 Å². The number of nitrogens with two attached hydrogens (primary N) is 1. The Morgan fingerprint density at radius 1 is 1.10 bits per heavy atom. The summed E-state index contributed by atoms with van der Waals surface area (Å²) in [5.74, 6) is 0.379. The number of H-pyrrole nitrogens is 1. The van der Waals surface area contributed by atoms with Crippen molar-refractivity contribution in [1.29, 1.82) is 0 Å². The van der Waals surface area contributed by atoms with E-state index in [9.17, 15) is 21.6 Å². The van der Waals surface area contributed by atoms with Gasteiger partial charge in [0.25, 0.3) is 0 Å². The third-order valence-electron chi connectivity index (χ3n) is 8.22. The van der Waals surface area contributed by atoms with Gasteiger partial charge in [0.15, 0.2) is 11.5 Å². The Morgan fingerprint density at radius 2 is 1.79 bits per heavy atom. The maximum absolute atomic E-state index is 13.8. The van der Waals surface area contributed by atoms with E-state index in [0.717, 1.165) is 32.1 Å². The van der Waals surface area contributed by atoms with E-state index >= 15 is 0 Å². The quantitative estimate of drug-likeness (QED) is 0.400. The van der Waals surface area contributed by atoms with Gasteiger partial charge in [-0.15, -0.1) is 0 Å². The van der Waals surface area contributed by atoms with Crippen LogP contribution in [0, 0.1) is 0 Å². The second kappa shape index (κ2) is 10.9. The van der Waals surface area contributed by atoms with Gasteiger partial charge in [-0.25, -0.2) is 13.4 Å². The van der Waals surface area contributed by atoms with Crippen LogP contribution in [0.4, 0.5) is 24.7 Å².